The van der Waals surface area contributed by atoms with Crippen LogP contribution >= 0.6 is 0 Å². The predicted octanol–water partition coefficient (Wildman–Crippen LogP) is 4.83. The number of pyridine rings is 1. The molecule has 2 aliphatic rings. The van der Waals surface area contributed by atoms with Gasteiger partial charge in [-0.2, -0.15) is 18.3 Å². The summed E-state index contributed by atoms with van der Waals surface area (Å²) < 4.78 is 68.5. The number of aromatic amines is 1. The number of benzene rings is 1. The van der Waals surface area contributed by atoms with Gasteiger partial charge in [-0.25, -0.2) is 4.39 Å². The molecule has 2 aromatic heterocycles. The number of likely N-dealkylation sites (tertiary alicyclic amines) is 1. The van der Waals surface area contributed by atoms with Crippen LogP contribution in [0.5, 0.6) is 0 Å². The first-order valence-corrected chi connectivity index (χ1v) is 11.9. The van der Waals surface area contributed by atoms with Gasteiger partial charge in [0.2, 0.25) is 0 Å². The van der Waals surface area contributed by atoms with Crippen molar-refractivity contribution >= 4 is 10.9 Å². The average molecular weight is 494 g/mol. The van der Waals surface area contributed by atoms with Crippen LogP contribution in [0, 0.1) is 11.7 Å². The first-order valence-electron chi connectivity index (χ1n) is 11.9. The van der Waals surface area contributed by atoms with Gasteiger partial charge in [-0.15, -0.1) is 0 Å². The molecule has 1 fully saturated rings. The van der Waals surface area contributed by atoms with Gasteiger partial charge in [-0.1, -0.05) is 6.07 Å². The quantitative estimate of drug-likeness (QED) is 0.479. The van der Waals surface area contributed by atoms with Gasteiger partial charge in [0.1, 0.15) is 5.82 Å². The zero-order valence-corrected chi connectivity index (χ0v) is 19.5. The minimum Gasteiger partial charge on any atom is -0.303 e. The summed E-state index contributed by atoms with van der Waals surface area (Å²) in [7, 11) is 0. The molecule has 3 aromatic rings. The predicted molar refractivity (Wildman–Crippen MR) is 122 cm³/mol. The van der Waals surface area contributed by atoms with E-state index in [9.17, 15) is 17.6 Å². The first-order chi connectivity index (χ1) is 16.7. The van der Waals surface area contributed by atoms with Gasteiger partial charge < -0.3 is 4.90 Å². The van der Waals surface area contributed by atoms with Crippen molar-refractivity contribution in [1.82, 2.24) is 25.0 Å². The molecular weight excluding hydrogens is 465 g/mol. The summed E-state index contributed by atoms with van der Waals surface area (Å²) in [6, 6.07) is 3.51. The smallest absolute Gasteiger partial charge is 0.303 e. The molecule has 5 rings (SSSR count). The number of nitrogens with zero attached hydrogens (tertiary/aromatic N) is 4. The molecule has 2 atom stereocenters. The summed E-state index contributed by atoms with van der Waals surface area (Å²) >= 11 is 0. The van der Waals surface area contributed by atoms with Crippen LogP contribution in [0.1, 0.15) is 41.8 Å². The Labute approximate surface area is 200 Å². The maximum atomic E-state index is 15.5. The van der Waals surface area contributed by atoms with E-state index in [4.69, 9.17) is 0 Å². The lowest BCUT2D eigenvalue weighted by atomic mass is 9.84. The number of alkyl halides is 4. The number of H-pyrrole nitrogens is 1. The molecule has 0 unspecified atom stereocenters. The summed E-state index contributed by atoms with van der Waals surface area (Å²) in [5.74, 6) is -0.256. The van der Waals surface area contributed by atoms with Crippen molar-refractivity contribution in [3.8, 4) is 0 Å². The van der Waals surface area contributed by atoms with Crippen molar-refractivity contribution in [2.24, 2.45) is 5.92 Å². The van der Waals surface area contributed by atoms with Crippen LogP contribution in [-0.2, 0) is 12.8 Å². The standard InChI is InChI=1S/C25H28F5N5/c1-15-7-19-18(3-4-22-20(19)11-32-33-22)24(35(15)14-25(28,29)30)23-21(27)9-16(10-31-23)8-17-12-34(13-17)6-2-5-26/h3-4,9-11,15,17,24H,2,5-8,12-14H2,1H3,(H,32,33)/t15-,24+/m1/s1. The first kappa shape index (κ1) is 24.1. The maximum absolute atomic E-state index is 15.5. The molecule has 35 heavy (non-hydrogen) atoms. The monoisotopic (exact) mass is 493 g/mol. The van der Waals surface area contributed by atoms with Crippen molar-refractivity contribution in [3.05, 3.63) is 58.8 Å². The van der Waals surface area contributed by atoms with Gasteiger partial charge in [0.05, 0.1) is 36.7 Å². The van der Waals surface area contributed by atoms with E-state index < -0.39 is 30.6 Å². The molecule has 0 radical (unpaired) electrons. The van der Waals surface area contributed by atoms with Gasteiger partial charge >= 0.3 is 6.18 Å². The van der Waals surface area contributed by atoms with Gasteiger partial charge in [-0.05, 0) is 60.9 Å². The molecule has 2 aliphatic heterocycles. The number of hydrogen-bond acceptors (Lipinski definition) is 4. The fourth-order valence-electron chi connectivity index (χ4n) is 5.59. The summed E-state index contributed by atoms with van der Waals surface area (Å²) in [5.41, 5.74) is 3.02. The Kier molecular flexibility index (Phi) is 6.52. The third-order valence-electron chi connectivity index (χ3n) is 7.18. The average Bonchev–Trinajstić information content (AvgIpc) is 3.25. The number of nitrogens with one attached hydrogen (secondary N) is 1. The van der Waals surface area contributed by atoms with E-state index in [1.54, 1.807) is 31.5 Å². The molecule has 1 saturated heterocycles. The van der Waals surface area contributed by atoms with Crippen molar-refractivity contribution in [2.75, 3.05) is 32.9 Å². The Morgan fingerprint density at radius 1 is 1.17 bits per heavy atom. The molecule has 0 spiro atoms. The van der Waals surface area contributed by atoms with Gasteiger partial charge in [0.25, 0.3) is 0 Å². The molecule has 0 amide bonds. The van der Waals surface area contributed by atoms with Crippen molar-refractivity contribution in [1.29, 1.82) is 0 Å². The maximum Gasteiger partial charge on any atom is 0.401 e. The van der Waals surface area contributed by atoms with Gasteiger partial charge in [-0.3, -0.25) is 19.4 Å². The molecule has 0 bridgehead atoms. The van der Waals surface area contributed by atoms with Crippen LogP contribution in [0.25, 0.3) is 10.9 Å². The second-order valence-electron chi connectivity index (χ2n) is 9.79. The summed E-state index contributed by atoms with van der Waals surface area (Å²) in [5, 5.41) is 7.81. The van der Waals surface area contributed by atoms with E-state index in [1.807, 2.05) is 0 Å². The number of aromatic nitrogens is 3. The molecule has 4 heterocycles. The van der Waals surface area contributed by atoms with Gasteiger partial charge in [0, 0.05) is 37.3 Å². The second-order valence-corrected chi connectivity index (χ2v) is 9.79. The highest BCUT2D eigenvalue weighted by atomic mass is 19.4. The van der Waals surface area contributed by atoms with E-state index in [1.165, 1.54) is 11.0 Å². The number of rotatable bonds is 7. The molecule has 10 heteroatoms. The third-order valence-corrected chi connectivity index (χ3v) is 7.18. The van der Waals surface area contributed by atoms with Crippen molar-refractivity contribution < 1.29 is 22.0 Å². The van der Waals surface area contributed by atoms with Crippen LogP contribution in [-0.4, -0.2) is 70.1 Å². The number of halogens is 5. The van der Waals surface area contributed by atoms with E-state index in [-0.39, 0.29) is 12.4 Å². The van der Waals surface area contributed by atoms with E-state index in [0.717, 1.165) is 41.7 Å². The number of fused-ring (bicyclic) bond motifs is 3. The lowest BCUT2D eigenvalue weighted by Gasteiger charge is -2.42. The Balaban J connectivity index is 1.45. The van der Waals surface area contributed by atoms with Crippen LogP contribution < -0.4 is 0 Å². The highest BCUT2D eigenvalue weighted by Gasteiger charge is 2.42. The molecule has 1 aromatic carbocycles. The van der Waals surface area contributed by atoms with Gasteiger partial charge in [0.15, 0.2) is 0 Å². The summed E-state index contributed by atoms with van der Waals surface area (Å²) in [4.78, 5) is 7.85. The van der Waals surface area contributed by atoms with Crippen LogP contribution in [0.4, 0.5) is 22.0 Å². The Bertz CT molecular complexity index is 1190. The SMILES string of the molecule is C[C@@H]1Cc2c(ccc3[nH]ncc23)[C@@H](c2ncc(CC3CN(CCCF)C3)cc2F)N1CC(F)(F)F. The van der Waals surface area contributed by atoms with Crippen molar-refractivity contribution in [3.63, 3.8) is 0 Å². The summed E-state index contributed by atoms with van der Waals surface area (Å²) in [6.07, 6.45) is 0.370. The minimum atomic E-state index is -4.43. The molecule has 0 aliphatic carbocycles. The highest BCUT2D eigenvalue weighted by molar-refractivity contribution is 5.83. The minimum absolute atomic E-state index is 0.00632. The van der Waals surface area contributed by atoms with Crippen LogP contribution in [0.15, 0.2) is 30.6 Å². The molecule has 1 N–H and O–H groups in total. The molecule has 0 saturated carbocycles. The Hall–Kier alpha value is -2.59. The highest BCUT2D eigenvalue weighted by Crippen LogP contribution is 2.42. The zero-order chi connectivity index (χ0) is 24.7. The topological polar surface area (TPSA) is 48.1 Å². The second kappa shape index (κ2) is 9.46. The fourth-order valence-corrected chi connectivity index (χ4v) is 5.59. The van der Waals surface area contributed by atoms with Crippen molar-refractivity contribution in [2.45, 2.75) is 44.4 Å². The molecule has 5 nitrogen and oxygen atoms in total. The lowest BCUT2D eigenvalue weighted by Crippen LogP contribution is -2.48. The molecule has 188 valence electrons. The largest absolute Gasteiger partial charge is 0.401 e. The van der Waals surface area contributed by atoms with Crippen LogP contribution in [0.2, 0.25) is 0 Å². The van der Waals surface area contributed by atoms with E-state index in [0.29, 0.717) is 30.7 Å². The molecular formula is C25H28F5N5. The Morgan fingerprint density at radius 2 is 1.97 bits per heavy atom. The fraction of sp³-hybridized carbons (Fsp3) is 0.520. The zero-order valence-electron chi connectivity index (χ0n) is 19.5. The van der Waals surface area contributed by atoms with E-state index in [2.05, 4.69) is 20.1 Å². The third kappa shape index (κ3) is 4.91. The summed E-state index contributed by atoms with van der Waals surface area (Å²) in [6.45, 7) is 2.63. The number of hydrogen-bond donors (Lipinski definition) is 1. The Morgan fingerprint density at radius 3 is 2.69 bits per heavy atom. The normalized spacial score (nSPS) is 21.9. The van der Waals surface area contributed by atoms with Crippen LogP contribution in [0.3, 0.4) is 0 Å². The lowest BCUT2D eigenvalue weighted by molar-refractivity contribution is -0.155. The van der Waals surface area contributed by atoms with E-state index >= 15 is 4.39 Å².